The molecular formula is C18H26N2O2. The van der Waals surface area contributed by atoms with E-state index in [0.717, 1.165) is 38.5 Å². The molecule has 120 valence electrons. The lowest BCUT2D eigenvalue weighted by Gasteiger charge is -2.30. The van der Waals surface area contributed by atoms with Crippen molar-refractivity contribution in [2.24, 2.45) is 0 Å². The van der Waals surface area contributed by atoms with Crippen molar-refractivity contribution in [1.82, 2.24) is 10.2 Å². The highest BCUT2D eigenvalue weighted by atomic mass is 16.3. The highest BCUT2D eigenvalue weighted by molar-refractivity contribution is 5.75. The zero-order valence-corrected chi connectivity index (χ0v) is 13.3. The fraction of sp³-hybridized carbons (Fsp3) is 0.611. The molecular weight excluding hydrogens is 276 g/mol. The zero-order chi connectivity index (χ0) is 15.5. The summed E-state index contributed by atoms with van der Waals surface area (Å²) in [6, 6.07) is 9.05. The quantitative estimate of drug-likeness (QED) is 0.898. The minimum absolute atomic E-state index is 0.0606. The van der Waals surface area contributed by atoms with Crippen LogP contribution in [0.2, 0.25) is 0 Å². The van der Waals surface area contributed by atoms with Gasteiger partial charge in [-0.1, -0.05) is 29.8 Å². The number of benzene rings is 1. The van der Waals surface area contributed by atoms with Crippen LogP contribution in [-0.2, 0) is 6.54 Å². The molecule has 4 heteroatoms. The Balaban J connectivity index is 1.60. The topological polar surface area (TPSA) is 52.6 Å². The van der Waals surface area contributed by atoms with E-state index in [4.69, 9.17) is 0 Å². The first-order valence-electron chi connectivity index (χ1n) is 8.42. The number of carbonyl (C=O) groups excluding carboxylic acids is 1. The van der Waals surface area contributed by atoms with E-state index in [1.807, 2.05) is 4.90 Å². The maximum Gasteiger partial charge on any atom is 0.318 e. The van der Waals surface area contributed by atoms with E-state index in [2.05, 4.69) is 36.5 Å². The first-order valence-corrected chi connectivity index (χ1v) is 8.42. The second-order valence-corrected chi connectivity index (χ2v) is 6.80. The summed E-state index contributed by atoms with van der Waals surface area (Å²) < 4.78 is 0. The van der Waals surface area contributed by atoms with Crippen molar-refractivity contribution in [3.63, 3.8) is 0 Å². The van der Waals surface area contributed by atoms with Gasteiger partial charge in [0.25, 0.3) is 0 Å². The van der Waals surface area contributed by atoms with E-state index in [1.165, 1.54) is 11.1 Å². The van der Waals surface area contributed by atoms with Crippen LogP contribution in [0.1, 0.15) is 49.7 Å². The number of nitrogens with one attached hydrogen (secondary N) is 1. The lowest BCUT2D eigenvalue weighted by molar-refractivity contribution is 0.114. The number of carbonyl (C=O) groups is 1. The molecule has 0 spiro atoms. The van der Waals surface area contributed by atoms with Crippen LogP contribution in [0.3, 0.4) is 0 Å². The van der Waals surface area contributed by atoms with Crippen molar-refractivity contribution in [2.45, 2.75) is 70.2 Å². The molecule has 0 bridgehead atoms. The summed E-state index contributed by atoms with van der Waals surface area (Å²) in [6.07, 6.45) is 5.41. The van der Waals surface area contributed by atoms with Crippen molar-refractivity contribution in [3.8, 4) is 0 Å². The molecule has 22 heavy (non-hydrogen) atoms. The minimum atomic E-state index is -0.181. The van der Waals surface area contributed by atoms with Gasteiger partial charge in [0.15, 0.2) is 0 Å². The molecule has 2 aliphatic carbocycles. The van der Waals surface area contributed by atoms with Crippen LogP contribution < -0.4 is 5.32 Å². The Hall–Kier alpha value is -1.55. The van der Waals surface area contributed by atoms with Crippen molar-refractivity contribution in [2.75, 3.05) is 0 Å². The Bertz CT molecular complexity index is 520. The minimum Gasteiger partial charge on any atom is -0.393 e. The summed E-state index contributed by atoms with van der Waals surface area (Å²) in [7, 11) is 0. The van der Waals surface area contributed by atoms with Crippen molar-refractivity contribution in [1.29, 1.82) is 0 Å². The first kappa shape index (κ1) is 15.3. The number of hydrogen-bond acceptors (Lipinski definition) is 2. The van der Waals surface area contributed by atoms with Gasteiger partial charge in [-0.05, 0) is 51.0 Å². The number of rotatable bonds is 4. The lowest BCUT2D eigenvalue weighted by atomic mass is 9.93. The molecule has 0 aromatic heterocycles. The lowest BCUT2D eigenvalue weighted by Crippen LogP contribution is -2.47. The third kappa shape index (κ3) is 4.01. The largest absolute Gasteiger partial charge is 0.393 e. The second-order valence-electron chi connectivity index (χ2n) is 6.80. The highest BCUT2D eigenvalue weighted by Gasteiger charge is 2.33. The number of aryl methyl sites for hydroxylation is 1. The number of aliphatic hydroxyl groups is 1. The van der Waals surface area contributed by atoms with Crippen LogP contribution >= 0.6 is 0 Å². The fourth-order valence-electron chi connectivity index (χ4n) is 3.24. The van der Waals surface area contributed by atoms with Crippen molar-refractivity contribution >= 4 is 6.03 Å². The molecule has 2 aliphatic rings. The third-order valence-corrected chi connectivity index (χ3v) is 4.71. The molecule has 0 radical (unpaired) electrons. The Morgan fingerprint density at radius 3 is 2.59 bits per heavy atom. The van der Waals surface area contributed by atoms with E-state index in [-0.39, 0.29) is 18.2 Å². The summed E-state index contributed by atoms with van der Waals surface area (Å²) in [4.78, 5) is 14.6. The Morgan fingerprint density at radius 2 is 1.95 bits per heavy atom. The first-order chi connectivity index (χ1) is 10.6. The van der Waals surface area contributed by atoms with Gasteiger partial charge in [0, 0.05) is 18.6 Å². The predicted molar refractivity (Wildman–Crippen MR) is 86.5 cm³/mol. The third-order valence-electron chi connectivity index (χ3n) is 4.71. The Morgan fingerprint density at radius 1 is 1.23 bits per heavy atom. The van der Waals surface area contributed by atoms with Crippen LogP contribution in [0, 0.1) is 6.92 Å². The molecule has 2 N–H and O–H groups in total. The molecule has 1 aromatic rings. The second kappa shape index (κ2) is 6.69. The van der Waals surface area contributed by atoms with Crippen LogP contribution in [0.5, 0.6) is 0 Å². The van der Waals surface area contributed by atoms with Crippen LogP contribution in [0.15, 0.2) is 24.3 Å². The molecule has 0 heterocycles. The molecule has 0 atom stereocenters. The Kier molecular flexibility index (Phi) is 4.67. The van der Waals surface area contributed by atoms with E-state index in [0.29, 0.717) is 12.6 Å². The van der Waals surface area contributed by atoms with E-state index in [1.54, 1.807) is 0 Å². The average molecular weight is 302 g/mol. The summed E-state index contributed by atoms with van der Waals surface area (Å²) in [5.41, 5.74) is 2.43. The average Bonchev–Trinajstić information content (AvgIpc) is 3.32. The van der Waals surface area contributed by atoms with Gasteiger partial charge in [0.2, 0.25) is 0 Å². The Labute approximate surface area is 132 Å². The van der Waals surface area contributed by atoms with Gasteiger partial charge in [-0.2, -0.15) is 0 Å². The van der Waals surface area contributed by atoms with E-state index < -0.39 is 0 Å². The predicted octanol–water partition coefficient (Wildman–Crippen LogP) is 2.97. The smallest absolute Gasteiger partial charge is 0.318 e. The number of hydrogen-bond donors (Lipinski definition) is 2. The van der Waals surface area contributed by atoms with Gasteiger partial charge in [-0.25, -0.2) is 4.79 Å². The van der Waals surface area contributed by atoms with Crippen molar-refractivity contribution < 1.29 is 9.90 Å². The van der Waals surface area contributed by atoms with E-state index >= 15 is 0 Å². The SMILES string of the molecule is Cc1cccc(CN(C(=O)NC2CCC(O)CC2)C2CC2)c1. The van der Waals surface area contributed by atoms with Gasteiger partial charge < -0.3 is 15.3 Å². The summed E-state index contributed by atoms with van der Waals surface area (Å²) in [5.74, 6) is 0. The van der Waals surface area contributed by atoms with Gasteiger partial charge >= 0.3 is 6.03 Å². The van der Waals surface area contributed by atoms with Gasteiger partial charge in [-0.15, -0.1) is 0 Å². The number of aliphatic hydroxyl groups excluding tert-OH is 1. The molecule has 1 aromatic carbocycles. The monoisotopic (exact) mass is 302 g/mol. The van der Waals surface area contributed by atoms with Crippen LogP contribution in [0.25, 0.3) is 0 Å². The normalized spacial score (nSPS) is 24.8. The molecule has 2 saturated carbocycles. The van der Waals surface area contributed by atoms with Gasteiger partial charge in [0.1, 0.15) is 0 Å². The number of nitrogens with zero attached hydrogens (tertiary/aromatic N) is 1. The summed E-state index contributed by atoms with van der Waals surface area (Å²) in [6.45, 7) is 2.77. The van der Waals surface area contributed by atoms with E-state index in [9.17, 15) is 9.90 Å². The molecule has 4 nitrogen and oxygen atoms in total. The number of amides is 2. The van der Waals surface area contributed by atoms with Crippen molar-refractivity contribution in [3.05, 3.63) is 35.4 Å². The molecule has 0 aliphatic heterocycles. The zero-order valence-electron chi connectivity index (χ0n) is 13.3. The molecule has 2 fully saturated rings. The molecule has 3 rings (SSSR count). The van der Waals surface area contributed by atoms with Gasteiger partial charge in [-0.3, -0.25) is 0 Å². The molecule has 0 saturated heterocycles. The van der Waals surface area contributed by atoms with Crippen LogP contribution in [0.4, 0.5) is 4.79 Å². The molecule has 0 unspecified atom stereocenters. The maximum absolute atomic E-state index is 12.6. The van der Waals surface area contributed by atoms with Gasteiger partial charge in [0.05, 0.1) is 6.10 Å². The summed E-state index contributed by atoms with van der Waals surface area (Å²) in [5, 5.41) is 12.7. The van der Waals surface area contributed by atoms with Crippen LogP contribution in [-0.4, -0.2) is 34.2 Å². The fourth-order valence-corrected chi connectivity index (χ4v) is 3.24. The summed E-state index contributed by atoms with van der Waals surface area (Å²) >= 11 is 0. The molecule has 2 amide bonds. The number of urea groups is 1. The highest BCUT2D eigenvalue weighted by Crippen LogP contribution is 2.29. The maximum atomic E-state index is 12.6. The standard InChI is InChI=1S/C18H26N2O2/c1-13-3-2-4-14(11-13)12-20(16-7-8-16)18(22)19-15-5-9-17(21)10-6-15/h2-4,11,15-17,21H,5-10,12H2,1H3,(H,19,22).